The molecule has 1 N–H and O–H groups in total. The molecular formula is C22H24ClN3O6S2. The first kappa shape index (κ1) is 25.9. The molecular weight excluding hydrogens is 502 g/mol. The van der Waals surface area contributed by atoms with Crippen LogP contribution >= 0.6 is 23.4 Å². The van der Waals surface area contributed by atoms with Crippen LogP contribution in [0.5, 0.6) is 5.75 Å². The van der Waals surface area contributed by atoms with E-state index in [9.17, 15) is 22.8 Å². The number of halogens is 1. The molecule has 9 nitrogen and oxygen atoms in total. The van der Waals surface area contributed by atoms with Gasteiger partial charge in [0, 0.05) is 24.4 Å². The summed E-state index contributed by atoms with van der Waals surface area (Å²) in [5.74, 6) is -0.810. The van der Waals surface area contributed by atoms with E-state index >= 15 is 0 Å². The van der Waals surface area contributed by atoms with E-state index in [4.69, 9.17) is 16.3 Å². The Morgan fingerprint density at radius 3 is 2.50 bits per heavy atom. The first-order chi connectivity index (χ1) is 16.1. The minimum Gasteiger partial charge on any atom is -0.495 e. The molecule has 2 aromatic carbocycles. The number of hydrogen-bond donors (Lipinski definition) is 1. The monoisotopic (exact) mass is 525 g/mol. The fourth-order valence-electron chi connectivity index (χ4n) is 3.46. The third-order valence-corrected chi connectivity index (χ3v) is 7.27. The van der Waals surface area contributed by atoms with E-state index in [0.29, 0.717) is 36.0 Å². The van der Waals surface area contributed by atoms with E-state index in [1.807, 2.05) is 0 Å². The molecule has 1 saturated heterocycles. The van der Waals surface area contributed by atoms with E-state index in [1.54, 1.807) is 30.3 Å². The van der Waals surface area contributed by atoms with Gasteiger partial charge in [0.2, 0.25) is 5.91 Å². The van der Waals surface area contributed by atoms with Crippen LogP contribution in [0.1, 0.15) is 16.8 Å². The molecule has 3 amide bonds. The van der Waals surface area contributed by atoms with Crippen molar-refractivity contribution in [1.29, 1.82) is 0 Å². The van der Waals surface area contributed by atoms with Crippen LogP contribution in [0.15, 0.2) is 47.4 Å². The average Bonchev–Trinajstić information content (AvgIpc) is 3.28. The van der Waals surface area contributed by atoms with Crippen LogP contribution in [0.3, 0.4) is 0 Å². The lowest BCUT2D eigenvalue weighted by atomic mass is 10.2. The van der Waals surface area contributed by atoms with Crippen LogP contribution < -0.4 is 10.1 Å². The highest BCUT2D eigenvalue weighted by molar-refractivity contribution is 8.00. The van der Waals surface area contributed by atoms with Crippen molar-refractivity contribution in [3.8, 4) is 5.75 Å². The second kappa shape index (κ2) is 11.1. The minimum absolute atomic E-state index is 0.000105. The zero-order chi connectivity index (χ0) is 24.9. The van der Waals surface area contributed by atoms with Crippen LogP contribution in [-0.2, 0) is 19.4 Å². The predicted molar refractivity (Wildman–Crippen MR) is 131 cm³/mol. The van der Waals surface area contributed by atoms with Crippen molar-refractivity contribution in [2.75, 3.05) is 43.3 Å². The first-order valence-corrected chi connectivity index (χ1v) is 13.7. The molecule has 34 heavy (non-hydrogen) atoms. The number of sulfone groups is 1. The Hall–Kier alpha value is -2.76. The number of thioether (sulfide) groups is 1. The Labute approximate surface area is 207 Å². The van der Waals surface area contributed by atoms with Crippen molar-refractivity contribution in [1.82, 2.24) is 10.0 Å². The molecule has 0 saturated carbocycles. The maximum Gasteiger partial charge on any atom is 0.273 e. The van der Waals surface area contributed by atoms with Crippen molar-refractivity contribution in [2.24, 2.45) is 0 Å². The van der Waals surface area contributed by atoms with Crippen LogP contribution in [0, 0.1) is 0 Å². The number of anilines is 1. The second-order valence-corrected chi connectivity index (χ2v) is 10.9. The lowest BCUT2D eigenvalue weighted by Crippen LogP contribution is -2.46. The summed E-state index contributed by atoms with van der Waals surface area (Å²) in [6, 6.07) is 10.8. The molecule has 182 valence electrons. The lowest BCUT2D eigenvalue weighted by molar-refractivity contribution is -0.137. The van der Waals surface area contributed by atoms with Crippen molar-refractivity contribution >= 4 is 56.6 Å². The van der Waals surface area contributed by atoms with Crippen LogP contribution in [-0.4, -0.2) is 74.1 Å². The van der Waals surface area contributed by atoms with Gasteiger partial charge in [-0.15, -0.1) is 11.8 Å². The van der Waals surface area contributed by atoms with Gasteiger partial charge in [0.15, 0.2) is 9.84 Å². The maximum absolute atomic E-state index is 13.1. The Bertz CT molecular complexity index is 1200. The predicted octanol–water partition coefficient (Wildman–Crippen LogP) is 2.71. The number of hydrazine groups is 1. The molecule has 0 spiro atoms. The van der Waals surface area contributed by atoms with E-state index < -0.39 is 15.7 Å². The summed E-state index contributed by atoms with van der Waals surface area (Å²) < 4.78 is 29.3. The van der Waals surface area contributed by atoms with Crippen molar-refractivity contribution in [3.63, 3.8) is 0 Å². The Kier molecular flexibility index (Phi) is 8.45. The largest absolute Gasteiger partial charge is 0.495 e. The molecule has 0 radical (unpaired) electrons. The third kappa shape index (κ3) is 6.22. The SMILES string of the molecule is COc1ccc(Cl)cc1NC(=O)CSCC(=O)N1CCCN1C(=O)c1ccccc1S(C)(=O)=O. The summed E-state index contributed by atoms with van der Waals surface area (Å²) in [5, 5.41) is 5.72. The summed E-state index contributed by atoms with van der Waals surface area (Å²) in [4.78, 5) is 38.1. The smallest absolute Gasteiger partial charge is 0.273 e. The highest BCUT2D eigenvalue weighted by Crippen LogP contribution is 2.28. The van der Waals surface area contributed by atoms with E-state index in [2.05, 4.69) is 5.32 Å². The topological polar surface area (TPSA) is 113 Å². The number of carbonyl (C=O) groups excluding carboxylic acids is 3. The van der Waals surface area contributed by atoms with E-state index in [1.165, 1.54) is 29.3 Å². The van der Waals surface area contributed by atoms with Gasteiger partial charge in [-0.1, -0.05) is 23.7 Å². The highest BCUT2D eigenvalue weighted by atomic mass is 35.5. The molecule has 1 aliphatic rings. The number of carbonyl (C=O) groups is 3. The van der Waals surface area contributed by atoms with Crippen molar-refractivity contribution < 1.29 is 27.5 Å². The molecule has 0 aromatic heterocycles. The molecule has 0 aliphatic carbocycles. The molecule has 0 atom stereocenters. The number of ether oxygens (including phenoxy) is 1. The fourth-order valence-corrected chi connectivity index (χ4v) is 5.19. The number of hydrogen-bond acceptors (Lipinski definition) is 7. The van der Waals surface area contributed by atoms with Gasteiger partial charge in [0.25, 0.3) is 11.8 Å². The summed E-state index contributed by atoms with van der Waals surface area (Å²) in [6.45, 7) is 0.625. The molecule has 0 bridgehead atoms. The standard InChI is InChI=1S/C22H24ClN3O6S2/c1-32-18-9-8-15(23)12-17(18)24-20(27)13-33-14-21(28)25-10-5-11-26(25)22(29)16-6-3-4-7-19(16)34(2,30)31/h3-4,6-9,12H,5,10-11,13-14H2,1-2H3,(H,24,27). The Morgan fingerprint density at radius 1 is 1.09 bits per heavy atom. The second-order valence-electron chi connectivity index (χ2n) is 7.45. The van der Waals surface area contributed by atoms with Gasteiger partial charge in [-0.3, -0.25) is 19.4 Å². The van der Waals surface area contributed by atoms with E-state index in [-0.39, 0.29) is 33.8 Å². The number of nitrogens with zero attached hydrogens (tertiary/aromatic N) is 2. The average molecular weight is 526 g/mol. The summed E-state index contributed by atoms with van der Waals surface area (Å²) in [7, 11) is -2.14. The third-order valence-electron chi connectivity index (χ3n) is 4.96. The number of nitrogens with one attached hydrogen (secondary N) is 1. The molecule has 3 rings (SSSR count). The quantitative estimate of drug-likeness (QED) is 0.563. The summed E-state index contributed by atoms with van der Waals surface area (Å²) in [6.07, 6.45) is 1.60. The molecule has 12 heteroatoms. The van der Waals surface area contributed by atoms with Crippen molar-refractivity contribution in [2.45, 2.75) is 11.3 Å². The van der Waals surface area contributed by atoms with Gasteiger partial charge in [-0.2, -0.15) is 0 Å². The van der Waals surface area contributed by atoms with Gasteiger partial charge in [0.05, 0.1) is 34.8 Å². The number of benzene rings is 2. The molecule has 0 unspecified atom stereocenters. The lowest BCUT2D eigenvalue weighted by Gasteiger charge is -2.28. The van der Waals surface area contributed by atoms with Gasteiger partial charge in [-0.25, -0.2) is 13.4 Å². The van der Waals surface area contributed by atoms with Crippen LogP contribution in [0.2, 0.25) is 5.02 Å². The van der Waals surface area contributed by atoms with Gasteiger partial charge in [0.1, 0.15) is 5.75 Å². The summed E-state index contributed by atoms with van der Waals surface area (Å²) >= 11 is 7.07. The fraction of sp³-hybridized carbons (Fsp3) is 0.318. The highest BCUT2D eigenvalue weighted by Gasteiger charge is 2.33. The van der Waals surface area contributed by atoms with Gasteiger partial charge in [-0.05, 0) is 36.8 Å². The molecule has 1 heterocycles. The molecule has 1 aliphatic heterocycles. The molecule has 2 aromatic rings. The van der Waals surface area contributed by atoms with E-state index in [0.717, 1.165) is 18.0 Å². The van der Waals surface area contributed by atoms with Crippen LogP contribution in [0.25, 0.3) is 0 Å². The van der Waals surface area contributed by atoms with Gasteiger partial charge >= 0.3 is 0 Å². The Balaban J connectivity index is 1.60. The first-order valence-electron chi connectivity index (χ1n) is 10.2. The summed E-state index contributed by atoms with van der Waals surface area (Å²) in [5.41, 5.74) is 0.444. The Morgan fingerprint density at radius 2 is 1.79 bits per heavy atom. The normalized spacial score (nSPS) is 13.6. The number of amides is 3. The zero-order valence-corrected chi connectivity index (χ0v) is 21.0. The van der Waals surface area contributed by atoms with Crippen molar-refractivity contribution in [3.05, 3.63) is 53.1 Å². The van der Waals surface area contributed by atoms with Gasteiger partial charge < -0.3 is 10.1 Å². The zero-order valence-electron chi connectivity index (χ0n) is 18.6. The minimum atomic E-state index is -3.62. The number of rotatable bonds is 8. The maximum atomic E-state index is 13.1. The number of methoxy groups -OCH3 is 1. The molecule has 1 fully saturated rings. The van der Waals surface area contributed by atoms with Crippen LogP contribution in [0.4, 0.5) is 5.69 Å².